The molecule has 3 aliphatic carbocycles. The van der Waals surface area contributed by atoms with Crippen LogP contribution in [-0.4, -0.2) is 47.5 Å². The van der Waals surface area contributed by atoms with E-state index in [0.717, 1.165) is 48.8 Å². The summed E-state index contributed by atoms with van der Waals surface area (Å²) in [6.07, 6.45) is 7.64. The molecule has 4 amide bonds. The van der Waals surface area contributed by atoms with Crippen molar-refractivity contribution in [3.05, 3.63) is 114 Å². The standard InChI is InChI=1S/C50H50N2O9/c1-30-6-16-36(17-7-30)59-37-22-14-35(15-23-37)52-46(55)41-25-9-32(29-43(41)47(52)56)49(58)61-39-20-12-34(13-21-39)50(26-4-3-5-27-50)33-10-18-38(19-11-33)60-48(57)31-8-24-40-42(28-31)45(54)51(2)44(40)53/h6-7,10-23,31-32,40-43H,3-5,8-9,24-29H2,1-2H3. The number of amides is 4. The number of esters is 2. The van der Waals surface area contributed by atoms with Crippen LogP contribution in [0.1, 0.15) is 87.3 Å². The van der Waals surface area contributed by atoms with Crippen LogP contribution in [0.15, 0.2) is 97.1 Å². The average Bonchev–Trinajstić information content (AvgIpc) is 3.67. The Morgan fingerprint density at radius 2 is 0.951 bits per heavy atom. The molecule has 3 saturated carbocycles. The van der Waals surface area contributed by atoms with Crippen molar-refractivity contribution in [2.24, 2.45) is 35.5 Å². The van der Waals surface area contributed by atoms with Gasteiger partial charge in [0.2, 0.25) is 23.6 Å². The van der Waals surface area contributed by atoms with Crippen LogP contribution in [0.5, 0.6) is 23.0 Å². The minimum absolute atomic E-state index is 0.151. The van der Waals surface area contributed by atoms with E-state index in [1.807, 2.05) is 79.7 Å². The molecular formula is C50H50N2O9. The summed E-state index contributed by atoms with van der Waals surface area (Å²) in [5.41, 5.74) is 3.57. The molecule has 6 unspecified atom stereocenters. The van der Waals surface area contributed by atoms with Gasteiger partial charge in [-0.2, -0.15) is 0 Å². The highest BCUT2D eigenvalue weighted by Crippen LogP contribution is 2.47. The van der Waals surface area contributed by atoms with Crippen molar-refractivity contribution in [2.45, 2.75) is 83.0 Å². The van der Waals surface area contributed by atoms with E-state index < -0.39 is 35.6 Å². The molecule has 2 aliphatic heterocycles. The first-order valence-corrected chi connectivity index (χ1v) is 21.7. The van der Waals surface area contributed by atoms with Crippen molar-refractivity contribution < 1.29 is 43.0 Å². The summed E-state index contributed by atoms with van der Waals surface area (Å²) in [6.45, 7) is 2.00. The second-order valence-corrected chi connectivity index (χ2v) is 17.6. The van der Waals surface area contributed by atoms with Gasteiger partial charge in [0.25, 0.3) is 0 Å². The van der Waals surface area contributed by atoms with E-state index >= 15 is 0 Å². The zero-order valence-electron chi connectivity index (χ0n) is 34.5. The first-order valence-electron chi connectivity index (χ1n) is 21.7. The maximum atomic E-state index is 13.7. The Morgan fingerprint density at radius 3 is 1.48 bits per heavy atom. The Bertz CT molecular complexity index is 2350. The fraction of sp³-hybridized carbons (Fsp3) is 0.400. The van der Waals surface area contributed by atoms with E-state index in [1.54, 1.807) is 24.3 Å². The van der Waals surface area contributed by atoms with Crippen molar-refractivity contribution in [2.75, 3.05) is 11.9 Å². The Morgan fingerprint density at radius 1 is 0.525 bits per heavy atom. The zero-order valence-corrected chi connectivity index (χ0v) is 34.5. The maximum absolute atomic E-state index is 13.7. The summed E-state index contributed by atoms with van der Waals surface area (Å²) in [5, 5.41) is 0. The summed E-state index contributed by atoms with van der Waals surface area (Å²) >= 11 is 0. The number of hydrogen-bond donors (Lipinski definition) is 0. The molecule has 6 atom stereocenters. The number of anilines is 1. The summed E-state index contributed by atoms with van der Waals surface area (Å²) in [6, 6.07) is 30.0. The molecule has 0 bridgehead atoms. The maximum Gasteiger partial charge on any atom is 0.314 e. The van der Waals surface area contributed by atoms with Gasteiger partial charge in [-0.1, -0.05) is 61.2 Å². The Hall–Kier alpha value is -6.10. The van der Waals surface area contributed by atoms with Crippen molar-refractivity contribution in [3.8, 4) is 23.0 Å². The normalized spacial score (nSPS) is 25.8. The van der Waals surface area contributed by atoms with Crippen LogP contribution in [0.25, 0.3) is 0 Å². The predicted molar refractivity (Wildman–Crippen MR) is 225 cm³/mol. The number of rotatable bonds is 9. The molecular weight excluding hydrogens is 773 g/mol. The van der Waals surface area contributed by atoms with Gasteiger partial charge in [-0.15, -0.1) is 0 Å². The van der Waals surface area contributed by atoms with Gasteiger partial charge in [-0.3, -0.25) is 38.6 Å². The molecule has 0 aromatic heterocycles. The lowest BCUT2D eigenvalue weighted by molar-refractivity contribution is -0.143. The Labute approximate surface area is 355 Å². The van der Waals surface area contributed by atoms with Crippen LogP contribution in [0.4, 0.5) is 5.69 Å². The van der Waals surface area contributed by atoms with Crippen LogP contribution in [0, 0.1) is 42.4 Å². The number of fused-ring (bicyclic) bond motifs is 2. The number of ether oxygens (including phenoxy) is 3. The monoisotopic (exact) mass is 822 g/mol. The lowest BCUT2D eigenvalue weighted by atomic mass is 9.65. The Kier molecular flexibility index (Phi) is 10.8. The molecule has 4 aromatic rings. The van der Waals surface area contributed by atoms with Crippen LogP contribution < -0.4 is 19.1 Å². The van der Waals surface area contributed by atoms with Crippen molar-refractivity contribution >= 4 is 41.3 Å². The number of aryl methyl sites for hydroxylation is 1. The summed E-state index contributed by atoms with van der Waals surface area (Å²) in [4.78, 5) is 81.4. The molecule has 4 aromatic carbocycles. The van der Waals surface area contributed by atoms with E-state index in [1.165, 1.54) is 16.8 Å². The number of benzene rings is 4. The minimum atomic E-state index is -0.586. The van der Waals surface area contributed by atoms with E-state index in [0.29, 0.717) is 60.8 Å². The van der Waals surface area contributed by atoms with Crippen molar-refractivity contribution in [3.63, 3.8) is 0 Å². The first kappa shape index (κ1) is 40.3. The average molecular weight is 823 g/mol. The zero-order chi connectivity index (χ0) is 42.4. The molecule has 5 aliphatic rings. The van der Waals surface area contributed by atoms with E-state index in [4.69, 9.17) is 14.2 Å². The highest BCUT2D eigenvalue weighted by Gasteiger charge is 2.52. The van der Waals surface area contributed by atoms with E-state index in [9.17, 15) is 28.8 Å². The van der Waals surface area contributed by atoms with Gasteiger partial charge in [0.05, 0.1) is 41.2 Å². The summed E-state index contributed by atoms with van der Waals surface area (Å²) in [7, 11) is 1.51. The van der Waals surface area contributed by atoms with Gasteiger partial charge in [0.15, 0.2) is 0 Å². The molecule has 9 rings (SSSR count). The Balaban J connectivity index is 0.818. The van der Waals surface area contributed by atoms with Gasteiger partial charge >= 0.3 is 11.9 Å². The van der Waals surface area contributed by atoms with Crippen LogP contribution in [-0.2, 0) is 34.2 Å². The second kappa shape index (κ2) is 16.4. The van der Waals surface area contributed by atoms with Crippen molar-refractivity contribution in [1.82, 2.24) is 4.90 Å². The van der Waals surface area contributed by atoms with Gasteiger partial charge in [-0.05, 0) is 130 Å². The van der Waals surface area contributed by atoms with E-state index in [2.05, 4.69) is 0 Å². The van der Waals surface area contributed by atoms with E-state index in [-0.39, 0.29) is 47.4 Å². The fourth-order valence-electron chi connectivity index (χ4n) is 10.6. The smallest absolute Gasteiger partial charge is 0.314 e. The lowest BCUT2D eigenvalue weighted by Gasteiger charge is -2.38. The quantitative estimate of drug-likeness (QED) is 0.0925. The number of hydrogen-bond acceptors (Lipinski definition) is 9. The fourth-order valence-corrected chi connectivity index (χ4v) is 10.6. The third-order valence-electron chi connectivity index (χ3n) is 14.0. The number of carbonyl (C=O) groups excluding carboxylic acids is 6. The molecule has 61 heavy (non-hydrogen) atoms. The third-order valence-corrected chi connectivity index (χ3v) is 14.0. The van der Waals surface area contributed by atoms with Gasteiger partial charge < -0.3 is 14.2 Å². The molecule has 2 saturated heterocycles. The molecule has 5 fully saturated rings. The number of imide groups is 2. The molecule has 11 nitrogen and oxygen atoms in total. The van der Waals surface area contributed by atoms with Crippen LogP contribution in [0.3, 0.4) is 0 Å². The van der Waals surface area contributed by atoms with Crippen LogP contribution >= 0.6 is 0 Å². The minimum Gasteiger partial charge on any atom is -0.457 e. The number of nitrogens with zero attached hydrogens (tertiary/aromatic N) is 2. The third kappa shape index (κ3) is 7.63. The first-order chi connectivity index (χ1) is 29.5. The highest BCUT2D eigenvalue weighted by molar-refractivity contribution is 6.22. The second-order valence-electron chi connectivity index (χ2n) is 17.6. The SMILES string of the molecule is Cc1ccc(Oc2ccc(N3C(=O)C4CCC(C(=O)Oc5ccc(C6(c7ccc(OC(=O)C8CCC9C(=O)N(C)C(=O)C9C8)cc7)CCCCC6)cc5)CC4C3=O)cc2)cc1. The molecule has 0 N–H and O–H groups in total. The molecule has 314 valence electrons. The van der Waals surface area contributed by atoms with Gasteiger partial charge in [0, 0.05) is 12.5 Å². The highest BCUT2D eigenvalue weighted by atomic mass is 16.5. The molecule has 0 radical (unpaired) electrons. The summed E-state index contributed by atoms with van der Waals surface area (Å²) in [5.74, 6) is -2.27. The molecule has 11 heteroatoms. The topological polar surface area (TPSA) is 137 Å². The lowest BCUT2D eigenvalue weighted by Crippen LogP contribution is -2.33. The van der Waals surface area contributed by atoms with Crippen molar-refractivity contribution in [1.29, 1.82) is 0 Å². The summed E-state index contributed by atoms with van der Waals surface area (Å²) < 4.78 is 17.7. The molecule has 0 spiro atoms. The van der Waals surface area contributed by atoms with Gasteiger partial charge in [-0.25, -0.2) is 0 Å². The van der Waals surface area contributed by atoms with Crippen LogP contribution in [0.2, 0.25) is 0 Å². The molecule has 2 heterocycles. The number of carbonyl (C=O) groups is 6. The van der Waals surface area contributed by atoms with Gasteiger partial charge in [0.1, 0.15) is 23.0 Å². The predicted octanol–water partition coefficient (Wildman–Crippen LogP) is 8.49. The largest absolute Gasteiger partial charge is 0.457 e. The number of likely N-dealkylation sites (tertiary alicyclic amines) is 1.